The van der Waals surface area contributed by atoms with E-state index in [1.54, 1.807) is 11.0 Å². The number of carbonyl (C=O) groups is 3. The quantitative estimate of drug-likeness (QED) is 0.620. The molecular weight excluding hydrogens is 445 g/mol. The lowest BCUT2D eigenvalue weighted by molar-refractivity contribution is -0.146. The number of rotatable bonds is 2. The summed E-state index contributed by atoms with van der Waals surface area (Å²) in [5, 5.41) is 15.7. The summed E-state index contributed by atoms with van der Waals surface area (Å²) in [5.74, 6) is -1.39. The van der Waals surface area contributed by atoms with Crippen molar-refractivity contribution >= 4 is 29.3 Å². The van der Waals surface area contributed by atoms with Crippen LogP contribution in [0.3, 0.4) is 0 Å². The molecule has 176 valence electrons. The first-order valence-electron chi connectivity index (χ1n) is 10.6. The molecule has 0 aliphatic carbocycles. The Hall–Kier alpha value is -3.45. The largest absolute Gasteiger partial charge is 0.453 e. The topological polar surface area (TPSA) is 125 Å². The van der Waals surface area contributed by atoms with Gasteiger partial charge in [0.2, 0.25) is 5.91 Å². The zero-order valence-corrected chi connectivity index (χ0v) is 17.4. The van der Waals surface area contributed by atoms with Crippen molar-refractivity contribution in [2.75, 3.05) is 31.1 Å². The second kappa shape index (κ2) is 7.56. The molecule has 3 aliphatic heterocycles. The van der Waals surface area contributed by atoms with Crippen molar-refractivity contribution in [1.82, 2.24) is 35.3 Å². The van der Waals surface area contributed by atoms with Crippen molar-refractivity contribution in [3.63, 3.8) is 0 Å². The minimum Gasteiger partial charge on any atom is -0.355 e. The molecule has 3 aliphatic rings. The lowest BCUT2D eigenvalue weighted by atomic mass is 9.86. The predicted molar refractivity (Wildman–Crippen MR) is 106 cm³/mol. The number of amides is 4. The van der Waals surface area contributed by atoms with E-state index in [4.69, 9.17) is 0 Å². The van der Waals surface area contributed by atoms with E-state index < -0.39 is 23.6 Å². The number of aromatic nitrogens is 4. The van der Waals surface area contributed by atoms with Gasteiger partial charge in [-0.15, -0.1) is 15.3 Å². The van der Waals surface area contributed by atoms with Gasteiger partial charge in [0.15, 0.2) is 5.65 Å². The molecule has 1 spiro atoms. The number of hydrogen-bond acceptors (Lipinski definition) is 7. The standard InChI is InChI=1S/C19H21F3N8O3/c20-19(21,22)15-26-25-12-1-2-13(27-30(12)15)28-7-3-11(4-8-28)14(31)29-9-5-18(6-10-29)16(32)23-17(33)24-18/h1-2,11H,3-10H2,(H2,23,24,32,33). The normalized spacial score (nSPS) is 21.5. The van der Waals surface area contributed by atoms with E-state index in [0.717, 1.165) is 0 Å². The third-order valence-corrected chi connectivity index (χ3v) is 6.61. The van der Waals surface area contributed by atoms with Crippen molar-refractivity contribution in [3.8, 4) is 0 Å². The molecule has 4 amide bonds. The summed E-state index contributed by atoms with van der Waals surface area (Å²) in [6, 6.07) is 2.52. The van der Waals surface area contributed by atoms with Crippen LogP contribution in [0.1, 0.15) is 31.5 Å². The van der Waals surface area contributed by atoms with Crippen LogP contribution in [0.4, 0.5) is 23.8 Å². The molecule has 0 radical (unpaired) electrons. The van der Waals surface area contributed by atoms with Crippen molar-refractivity contribution in [2.24, 2.45) is 5.92 Å². The van der Waals surface area contributed by atoms with Crippen LogP contribution < -0.4 is 15.5 Å². The first kappa shape index (κ1) is 21.4. The summed E-state index contributed by atoms with van der Waals surface area (Å²) in [6.45, 7) is 1.68. The maximum absolute atomic E-state index is 13.1. The minimum atomic E-state index is -4.67. The van der Waals surface area contributed by atoms with Crippen LogP contribution in [0.5, 0.6) is 0 Å². The van der Waals surface area contributed by atoms with E-state index in [1.165, 1.54) is 6.07 Å². The Morgan fingerprint density at radius 1 is 1.06 bits per heavy atom. The van der Waals surface area contributed by atoms with Gasteiger partial charge in [-0.2, -0.15) is 17.7 Å². The van der Waals surface area contributed by atoms with Gasteiger partial charge in [-0.05, 0) is 37.8 Å². The maximum Gasteiger partial charge on any atom is 0.453 e. The van der Waals surface area contributed by atoms with E-state index in [9.17, 15) is 27.6 Å². The molecule has 5 rings (SSSR count). The molecule has 11 nitrogen and oxygen atoms in total. The molecule has 3 fully saturated rings. The van der Waals surface area contributed by atoms with Crippen LogP contribution in [-0.4, -0.2) is 74.3 Å². The molecule has 0 bridgehead atoms. The molecule has 2 aromatic rings. The van der Waals surface area contributed by atoms with Crippen molar-refractivity contribution in [2.45, 2.75) is 37.4 Å². The number of urea groups is 1. The zero-order valence-electron chi connectivity index (χ0n) is 17.4. The van der Waals surface area contributed by atoms with Crippen LogP contribution in [0.25, 0.3) is 5.65 Å². The van der Waals surface area contributed by atoms with E-state index >= 15 is 0 Å². The second-order valence-corrected chi connectivity index (χ2v) is 8.56. The van der Waals surface area contributed by atoms with Crippen molar-refractivity contribution < 1.29 is 27.6 Å². The Kier molecular flexibility index (Phi) is 4.90. The lowest BCUT2D eigenvalue weighted by Crippen LogP contribution is -2.56. The Labute approximate surface area is 185 Å². The number of hydrogen-bond donors (Lipinski definition) is 2. The highest BCUT2D eigenvalue weighted by molar-refractivity contribution is 6.07. The number of nitrogens with one attached hydrogen (secondary N) is 2. The lowest BCUT2D eigenvalue weighted by Gasteiger charge is -2.40. The summed E-state index contributed by atoms with van der Waals surface area (Å²) in [6.07, 6.45) is -2.88. The molecule has 2 aromatic heterocycles. The Balaban J connectivity index is 1.20. The van der Waals surface area contributed by atoms with Gasteiger partial charge in [0.05, 0.1) is 0 Å². The Morgan fingerprint density at radius 3 is 2.36 bits per heavy atom. The molecule has 2 N–H and O–H groups in total. The average molecular weight is 466 g/mol. The number of anilines is 1. The van der Waals surface area contributed by atoms with E-state index in [2.05, 4.69) is 25.9 Å². The van der Waals surface area contributed by atoms with Gasteiger partial charge < -0.3 is 15.1 Å². The third-order valence-electron chi connectivity index (χ3n) is 6.61. The molecule has 3 saturated heterocycles. The molecular formula is C19H21F3N8O3. The fraction of sp³-hybridized carbons (Fsp3) is 0.579. The number of likely N-dealkylation sites (tertiary alicyclic amines) is 1. The number of fused-ring (bicyclic) bond motifs is 1. The number of halogens is 3. The summed E-state index contributed by atoms with van der Waals surface area (Å²) in [4.78, 5) is 40.1. The first-order chi connectivity index (χ1) is 15.7. The van der Waals surface area contributed by atoms with Gasteiger partial charge >= 0.3 is 12.2 Å². The van der Waals surface area contributed by atoms with Crippen molar-refractivity contribution in [1.29, 1.82) is 0 Å². The summed E-state index contributed by atoms with van der Waals surface area (Å²) in [5.41, 5.74) is -0.926. The molecule has 0 saturated carbocycles. The molecule has 14 heteroatoms. The molecule has 0 atom stereocenters. The second-order valence-electron chi connectivity index (χ2n) is 8.56. The first-order valence-corrected chi connectivity index (χ1v) is 10.6. The molecule has 5 heterocycles. The van der Waals surface area contributed by atoms with Crippen molar-refractivity contribution in [3.05, 3.63) is 18.0 Å². The number of piperidine rings is 2. The minimum absolute atomic E-state index is 0.00388. The summed E-state index contributed by atoms with van der Waals surface area (Å²) in [7, 11) is 0. The molecule has 33 heavy (non-hydrogen) atoms. The average Bonchev–Trinajstić information content (AvgIpc) is 3.34. The monoisotopic (exact) mass is 466 g/mol. The SMILES string of the molecule is O=C1NC(=O)C2(CCN(C(=O)C3CCN(c4ccc5nnc(C(F)(F)F)n5n4)CC3)CC2)N1. The Morgan fingerprint density at radius 2 is 1.76 bits per heavy atom. The number of imide groups is 1. The molecule has 0 unspecified atom stereocenters. The fourth-order valence-electron chi connectivity index (χ4n) is 4.73. The van der Waals surface area contributed by atoms with Crippen LogP contribution in [0.2, 0.25) is 0 Å². The number of nitrogens with zero attached hydrogens (tertiary/aromatic N) is 6. The highest BCUT2D eigenvalue weighted by Crippen LogP contribution is 2.30. The maximum atomic E-state index is 13.1. The highest BCUT2D eigenvalue weighted by atomic mass is 19.4. The third kappa shape index (κ3) is 3.72. The Bertz CT molecular complexity index is 1120. The van der Waals surface area contributed by atoms with Crippen LogP contribution >= 0.6 is 0 Å². The smallest absolute Gasteiger partial charge is 0.355 e. The van der Waals surface area contributed by atoms with Gasteiger partial charge in [0.1, 0.15) is 11.4 Å². The molecule has 0 aromatic carbocycles. The highest BCUT2D eigenvalue weighted by Gasteiger charge is 2.48. The van der Waals surface area contributed by atoms with E-state index in [-0.39, 0.29) is 23.4 Å². The fourth-order valence-corrected chi connectivity index (χ4v) is 4.73. The van der Waals surface area contributed by atoms with Crippen LogP contribution in [0, 0.1) is 5.92 Å². The summed E-state index contributed by atoms with van der Waals surface area (Å²) >= 11 is 0. The van der Waals surface area contributed by atoms with Gasteiger partial charge in [-0.3, -0.25) is 14.9 Å². The van der Waals surface area contributed by atoms with Gasteiger partial charge in [0, 0.05) is 32.1 Å². The zero-order chi connectivity index (χ0) is 23.4. The van der Waals surface area contributed by atoms with Crippen LogP contribution in [-0.2, 0) is 15.8 Å². The number of carbonyl (C=O) groups excluding carboxylic acids is 3. The van der Waals surface area contributed by atoms with E-state index in [0.29, 0.717) is 62.2 Å². The summed E-state index contributed by atoms with van der Waals surface area (Å²) < 4.78 is 40.0. The van der Waals surface area contributed by atoms with Gasteiger partial charge in [-0.25, -0.2) is 4.79 Å². The van der Waals surface area contributed by atoms with Gasteiger partial charge in [-0.1, -0.05) is 0 Å². The predicted octanol–water partition coefficient (Wildman–Crippen LogP) is 0.560. The van der Waals surface area contributed by atoms with Gasteiger partial charge in [0.25, 0.3) is 11.7 Å². The number of alkyl halides is 3. The van der Waals surface area contributed by atoms with E-state index in [1.807, 2.05) is 4.90 Å². The van der Waals surface area contributed by atoms with Crippen LogP contribution in [0.15, 0.2) is 12.1 Å².